The number of anilines is 1. The SMILES string of the molecule is CCCOc1ccc(/C=C(\C#N)C(=O)Nc2ccc(C)cc2C)cc1Br. The first kappa shape index (κ1) is 19.7. The number of ether oxygens (including phenoxy) is 1. The number of nitrogens with one attached hydrogen (secondary N) is 1. The number of carbonyl (C=O) groups is 1. The van der Waals surface area contributed by atoms with Crippen LogP contribution in [-0.2, 0) is 4.79 Å². The summed E-state index contributed by atoms with van der Waals surface area (Å²) in [5.41, 5.74) is 3.56. The van der Waals surface area contributed by atoms with E-state index >= 15 is 0 Å². The number of amides is 1. The number of rotatable bonds is 6. The van der Waals surface area contributed by atoms with Crippen LogP contribution < -0.4 is 10.1 Å². The minimum atomic E-state index is -0.429. The second-order valence-corrected chi connectivity index (χ2v) is 6.83. The topological polar surface area (TPSA) is 62.1 Å². The molecule has 2 aromatic rings. The maximum Gasteiger partial charge on any atom is 0.266 e. The Morgan fingerprint density at radius 2 is 2.04 bits per heavy atom. The van der Waals surface area contributed by atoms with Gasteiger partial charge in [-0.15, -0.1) is 0 Å². The van der Waals surface area contributed by atoms with E-state index in [0.29, 0.717) is 12.3 Å². The Morgan fingerprint density at radius 3 is 2.65 bits per heavy atom. The van der Waals surface area contributed by atoms with Gasteiger partial charge in [-0.3, -0.25) is 4.79 Å². The highest BCUT2D eigenvalue weighted by atomic mass is 79.9. The monoisotopic (exact) mass is 412 g/mol. The zero-order chi connectivity index (χ0) is 19.1. The summed E-state index contributed by atoms with van der Waals surface area (Å²) in [6.07, 6.45) is 2.48. The van der Waals surface area contributed by atoms with Gasteiger partial charge in [-0.05, 0) is 71.6 Å². The van der Waals surface area contributed by atoms with Crippen molar-refractivity contribution in [3.8, 4) is 11.8 Å². The Bertz CT molecular complexity index is 882. The molecular weight excluding hydrogens is 392 g/mol. The number of nitrogens with zero attached hydrogens (tertiary/aromatic N) is 1. The standard InChI is InChI=1S/C21H21BrN2O2/c1-4-9-26-20-8-6-16(12-18(20)22)11-17(13-23)21(25)24-19-7-5-14(2)10-15(19)3/h5-8,10-12H,4,9H2,1-3H3,(H,24,25)/b17-11+. The van der Waals surface area contributed by atoms with Crippen LogP contribution in [0.25, 0.3) is 6.08 Å². The molecule has 2 aromatic carbocycles. The van der Waals surface area contributed by atoms with Crippen LogP contribution in [0.15, 0.2) is 46.4 Å². The van der Waals surface area contributed by atoms with Crippen molar-refractivity contribution >= 4 is 33.6 Å². The molecule has 0 aliphatic heterocycles. The largest absolute Gasteiger partial charge is 0.492 e. The van der Waals surface area contributed by atoms with Crippen LogP contribution in [0.5, 0.6) is 5.75 Å². The van der Waals surface area contributed by atoms with Crippen molar-refractivity contribution in [2.75, 3.05) is 11.9 Å². The van der Waals surface area contributed by atoms with Crippen molar-refractivity contribution in [2.45, 2.75) is 27.2 Å². The van der Waals surface area contributed by atoms with E-state index in [1.807, 2.05) is 63.2 Å². The van der Waals surface area contributed by atoms with Gasteiger partial charge in [-0.2, -0.15) is 5.26 Å². The minimum absolute atomic E-state index is 0.0408. The fourth-order valence-electron chi connectivity index (χ4n) is 2.39. The van der Waals surface area contributed by atoms with E-state index in [2.05, 4.69) is 21.2 Å². The quantitative estimate of drug-likeness (QED) is 0.510. The summed E-state index contributed by atoms with van der Waals surface area (Å²) in [6.45, 7) is 6.59. The molecule has 0 fully saturated rings. The normalized spacial score (nSPS) is 11.0. The number of hydrogen-bond acceptors (Lipinski definition) is 3. The smallest absolute Gasteiger partial charge is 0.266 e. The van der Waals surface area contributed by atoms with Crippen molar-refractivity contribution in [3.63, 3.8) is 0 Å². The highest BCUT2D eigenvalue weighted by Gasteiger charge is 2.11. The Balaban J connectivity index is 2.20. The lowest BCUT2D eigenvalue weighted by Crippen LogP contribution is -2.14. The molecule has 1 amide bonds. The minimum Gasteiger partial charge on any atom is -0.492 e. The summed E-state index contributed by atoms with van der Waals surface area (Å²) in [7, 11) is 0. The van der Waals surface area contributed by atoms with Gasteiger partial charge in [0.2, 0.25) is 0 Å². The molecule has 0 bridgehead atoms. The molecule has 2 rings (SSSR count). The summed E-state index contributed by atoms with van der Waals surface area (Å²) >= 11 is 3.46. The second-order valence-electron chi connectivity index (χ2n) is 5.98. The first-order valence-electron chi connectivity index (χ1n) is 8.37. The molecule has 0 saturated heterocycles. The van der Waals surface area contributed by atoms with Crippen LogP contribution in [0.4, 0.5) is 5.69 Å². The van der Waals surface area contributed by atoms with Gasteiger partial charge >= 0.3 is 0 Å². The van der Waals surface area contributed by atoms with Crippen molar-refractivity contribution in [1.29, 1.82) is 5.26 Å². The molecule has 0 aromatic heterocycles. The summed E-state index contributed by atoms with van der Waals surface area (Å²) < 4.78 is 6.39. The maximum absolute atomic E-state index is 12.4. The molecule has 0 aliphatic rings. The highest BCUT2D eigenvalue weighted by Crippen LogP contribution is 2.27. The molecule has 134 valence electrons. The zero-order valence-electron chi connectivity index (χ0n) is 15.1. The summed E-state index contributed by atoms with van der Waals surface area (Å²) in [5.74, 6) is 0.309. The van der Waals surface area contributed by atoms with E-state index in [1.165, 1.54) is 0 Å². The summed E-state index contributed by atoms with van der Waals surface area (Å²) in [4.78, 5) is 12.4. The first-order chi connectivity index (χ1) is 12.4. The van der Waals surface area contributed by atoms with Gasteiger partial charge in [-0.25, -0.2) is 0 Å². The molecule has 0 atom stereocenters. The molecule has 0 unspecified atom stereocenters. The number of carbonyl (C=O) groups excluding carboxylic acids is 1. The lowest BCUT2D eigenvalue weighted by molar-refractivity contribution is -0.112. The average Bonchev–Trinajstić information content (AvgIpc) is 2.61. The molecule has 26 heavy (non-hydrogen) atoms. The van der Waals surface area contributed by atoms with E-state index in [9.17, 15) is 10.1 Å². The van der Waals surface area contributed by atoms with Crippen molar-refractivity contribution in [3.05, 3.63) is 63.1 Å². The molecule has 5 heteroatoms. The third-order valence-electron chi connectivity index (χ3n) is 3.72. The van der Waals surface area contributed by atoms with Gasteiger partial charge in [-0.1, -0.05) is 30.7 Å². The lowest BCUT2D eigenvalue weighted by Gasteiger charge is -2.09. The van der Waals surface area contributed by atoms with Crippen molar-refractivity contribution in [1.82, 2.24) is 0 Å². The van der Waals surface area contributed by atoms with Crippen LogP contribution in [0, 0.1) is 25.2 Å². The fraction of sp³-hybridized carbons (Fsp3) is 0.238. The van der Waals surface area contributed by atoms with Crippen molar-refractivity contribution in [2.24, 2.45) is 0 Å². The van der Waals surface area contributed by atoms with Crippen LogP contribution in [-0.4, -0.2) is 12.5 Å². The molecule has 4 nitrogen and oxygen atoms in total. The van der Waals surface area contributed by atoms with Crippen LogP contribution in [0.1, 0.15) is 30.0 Å². The van der Waals surface area contributed by atoms with E-state index in [1.54, 1.807) is 6.08 Å². The summed E-state index contributed by atoms with van der Waals surface area (Å²) in [5, 5.41) is 12.2. The van der Waals surface area contributed by atoms with Gasteiger partial charge in [0.25, 0.3) is 5.91 Å². The van der Waals surface area contributed by atoms with E-state index in [0.717, 1.165) is 33.3 Å². The predicted octanol–water partition coefficient (Wildman–Crippen LogP) is 5.40. The Hall–Kier alpha value is -2.58. The molecule has 0 aliphatic carbocycles. The van der Waals surface area contributed by atoms with E-state index in [-0.39, 0.29) is 5.57 Å². The molecule has 0 saturated carbocycles. The average molecular weight is 413 g/mol. The zero-order valence-corrected chi connectivity index (χ0v) is 16.7. The Morgan fingerprint density at radius 1 is 1.27 bits per heavy atom. The number of aryl methyl sites for hydroxylation is 2. The highest BCUT2D eigenvalue weighted by molar-refractivity contribution is 9.10. The van der Waals surface area contributed by atoms with Crippen LogP contribution in [0.3, 0.4) is 0 Å². The first-order valence-corrected chi connectivity index (χ1v) is 9.16. The molecule has 1 N–H and O–H groups in total. The van der Waals surface area contributed by atoms with Gasteiger partial charge in [0.1, 0.15) is 17.4 Å². The predicted molar refractivity (Wildman–Crippen MR) is 108 cm³/mol. The molecular formula is C21H21BrN2O2. The third kappa shape index (κ3) is 5.21. The number of hydrogen-bond donors (Lipinski definition) is 1. The second kappa shape index (κ2) is 9.21. The Labute approximate surface area is 162 Å². The van der Waals surface area contributed by atoms with Gasteiger partial charge < -0.3 is 10.1 Å². The van der Waals surface area contributed by atoms with Gasteiger partial charge in [0.15, 0.2) is 0 Å². The molecule has 0 spiro atoms. The maximum atomic E-state index is 12.4. The van der Waals surface area contributed by atoms with Gasteiger partial charge in [0.05, 0.1) is 11.1 Å². The van der Waals surface area contributed by atoms with Gasteiger partial charge in [0, 0.05) is 5.69 Å². The molecule has 0 radical (unpaired) electrons. The van der Waals surface area contributed by atoms with E-state index in [4.69, 9.17) is 4.74 Å². The summed E-state index contributed by atoms with van der Waals surface area (Å²) in [6, 6.07) is 13.2. The number of halogens is 1. The van der Waals surface area contributed by atoms with Crippen molar-refractivity contribution < 1.29 is 9.53 Å². The fourth-order valence-corrected chi connectivity index (χ4v) is 2.91. The molecule has 0 heterocycles. The Kier molecular flexibility index (Phi) is 6.99. The van der Waals surface area contributed by atoms with Crippen LogP contribution >= 0.6 is 15.9 Å². The van der Waals surface area contributed by atoms with E-state index < -0.39 is 5.91 Å². The van der Waals surface area contributed by atoms with Crippen LogP contribution in [0.2, 0.25) is 0 Å². The third-order valence-corrected chi connectivity index (χ3v) is 4.34. The number of nitriles is 1. The number of benzene rings is 2. The lowest BCUT2D eigenvalue weighted by atomic mass is 10.1.